The Morgan fingerprint density at radius 1 is 1.18 bits per heavy atom. The van der Waals surface area contributed by atoms with Crippen molar-refractivity contribution in [3.63, 3.8) is 0 Å². The normalized spacial score (nSPS) is 13.6. The number of aryl methyl sites for hydroxylation is 2. The fourth-order valence-electron chi connectivity index (χ4n) is 2.85. The van der Waals surface area contributed by atoms with Crippen molar-refractivity contribution in [3.05, 3.63) is 71.4 Å². The zero-order valence-electron chi connectivity index (χ0n) is 15.1. The SMILES string of the molecule is Cc1cc(C)n(C(CNS(=O)(=O)c2ccc(C(F)(F)F)cc2)c2ccco2)n1. The van der Waals surface area contributed by atoms with E-state index in [1.807, 2.05) is 19.9 Å². The lowest BCUT2D eigenvalue weighted by Gasteiger charge is -2.18. The Kier molecular flexibility index (Phi) is 5.35. The van der Waals surface area contributed by atoms with Gasteiger partial charge in [-0.15, -0.1) is 0 Å². The molecule has 1 aromatic carbocycles. The molecule has 2 aromatic heterocycles. The molecule has 0 saturated heterocycles. The van der Waals surface area contributed by atoms with Gasteiger partial charge in [-0.3, -0.25) is 4.68 Å². The second kappa shape index (κ2) is 7.44. The summed E-state index contributed by atoms with van der Waals surface area (Å²) in [4.78, 5) is -0.257. The zero-order valence-corrected chi connectivity index (χ0v) is 15.9. The number of furan rings is 1. The summed E-state index contributed by atoms with van der Waals surface area (Å²) in [5.41, 5.74) is 0.662. The Labute approximate surface area is 160 Å². The monoisotopic (exact) mass is 413 g/mol. The van der Waals surface area contributed by atoms with Crippen LogP contribution in [0.15, 0.2) is 58.0 Å². The number of hydrogen-bond donors (Lipinski definition) is 1. The van der Waals surface area contributed by atoms with Crippen LogP contribution in [0.3, 0.4) is 0 Å². The summed E-state index contributed by atoms with van der Waals surface area (Å²) in [6.45, 7) is 3.56. The van der Waals surface area contributed by atoms with Gasteiger partial charge in [0, 0.05) is 12.2 Å². The third-order valence-corrected chi connectivity index (χ3v) is 5.61. The molecule has 0 fully saturated rings. The molecule has 1 atom stereocenters. The number of hydrogen-bond acceptors (Lipinski definition) is 4. The molecule has 10 heteroatoms. The van der Waals surface area contributed by atoms with E-state index in [-0.39, 0.29) is 11.4 Å². The smallest absolute Gasteiger partial charge is 0.416 e. The first-order chi connectivity index (χ1) is 13.1. The highest BCUT2D eigenvalue weighted by molar-refractivity contribution is 7.89. The van der Waals surface area contributed by atoms with E-state index >= 15 is 0 Å². The van der Waals surface area contributed by atoms with E-state index in [1.165, 1.54) is 6.26 Å². The highest BCUT2D eigenvalue weighted by Crippen LogP contribution is 2.29. The number of alkyl halides is 3. The minimum absolute atomic E-state index is 0.0845. The van der Waals surface area contributed by atoms with Crippen molar-refractivity contribution in [3.8, 4) is 0 Å². The molecule has 150 valence electrons. The molecule has 0 aliphatic rings. The van der Waals surface area contributed by atoms with Gasteiger partial charge in [0.15, 0.2) is 0 Å². The predicted octanol–water partition coefficient (Wildman–Crippen LogP) is 3.68. The van der Waals surface area contributed by atoms with Crippen LogP contribution in [0.25, 0.3) is 0 Å². The van der Waals surface area contributed by atoms with Crippen LogP contribution >= 0.6 is 0 Å². The lowest BCUT2D eigenvalue weighted by Crippen LogP contribution is -2.32. The van der Waals surface area contributed by atoms with Gasteiger partial charge >= 0.3 is 6.18 Å². The minimum Gasteiger partial charge on any atom is -0.467 e. The zero-order chi connectivity index (χ0) is 20.5. The van der Waals surface area contributed by atoms with Gasteiger partial charge in [0.1, 0.15) is 11.8 Å². The molecule has 0 radical (unpaired) electrons. The van der Waals surface area contributed by atoms with Crippen molar-refractivity contribution in [1.82, 2.24) is 14.5 Å². The topological polar surface area (TPSA) is 77.1 Å². The maximum Gasteiger partial charge on any atom is 0.416 e. The maximum atomic E-state index is 12.7. The quantitative estimate of drug-likeness (QED) is 0.669. The molecule has 0 aliphatic heterocycles. The number of aromatic nitrogens is 2. The molecule has 0 spiro atoms. The van der Waals surface area contributed by atoms with E-state index in [2.05, 4.69) is 9.82 Å². The lowest BCUT2D eigenvalue weighted by atomic mass is 10.2. The fraction of sp³-hybridized carbons (Fsp3) is 0.278. The third kappa shape index (κ3) is 4.28. The van der Waals surface area contributed by atoms with Crippen LogP contribution in [-0.2, 0) is 16.2 Å². The Morgan fingerprint density at radius 2 is 1.86 bits per heavy atom. The van der Waals surface area contributed by atoms with Gasteiger partial charge in [-0.1, -0.05) is 0 Å². The van der Waals surface area contributed by atoms with Crippen molar-refractivity contribution in [1.29, 1.82) is 0 Å². The molecule has 1 unspecified atom stereocenters. The van der Waals surface area contributed by atoms with Crippen LogP contribution in [0.2, 0.25) is 0 Å². The summed E-state index contributed by atoms with van der Waals surface area (Å²) in [7, 11) is -4.02. The molecular formula is C18H18F3N3O3S. The van der Waals surface area contributed by atoms with Gasteiger partial charge in [-0.25, -0.2) is 13.1 Å². The summed E-state index contributed by atoms with van der Waals surface area (Å²) < 4.78 is 72.6. The van der Waals surface area contributed by atoms with Gasteiger partial charge in [-0.2, -0.15) is 18.3 Å². The molecule has 28 heavy (non-hydrogen) atoms. The summed E-state index contributed by atoms with van der Waals surface area (Å²) in [6, 6.07) is 8.01. The van der Waals surface area contributed by atoms with Crippen LogP contribution in [0.4, 0.5) is 13.2 Å². The Hall–Kier alpha value is -2.59. The molecule has 3 rings (SSSR count). The lowest BCUT2D eigenvalue weighted by molar-refractivity contribution is -0.137. The number of halogens is 3. The van der Waals surface area contributed by atoms with E-state index in [4.69, 9.17) is 4.42 Å². The predicted molar refractivity (Wildman–Crippen MR) is 95.2 cm³/mol. The Balaban J connectivity index is 1.83. The molecule has 6 nitrogen and oxygen atoms in total. The maximum absolute atomic E-state index is 12.7. The molecule has 2 heterocycles. The number of nitrogens with one attached hydrogen (secondary N) is 1. The van der Waals surface area contributed by atoms with Crippen LogP contribution in [-0.4, -0.2) is 24.7 Å². The summed E-state index contributed by atoms with van der Waals surface area (Å²) in [5.74, 6) is 0.501. The fourth-order valence-corrected chi connectivity index (χ4v) is 3.88. The van der Waals surface area contributed by atoms with Crippen molar-refractivity contribution in [2.24, 2.45) is 0 Å². The summed E-state index contributed by atoms with van der Waals surface area (Å²) >= 11 is 0. The molecule has 0 bridgehead atoms. The third-order valence-electron chi connectivity index (χ3n) is 4.17. The molecule has 0 aliphatic carbocycles. The van der Waals surface area contributed by atoms with E-state index in [0.29, 0.717) is 5.76 Å². The van der Waals surface area contributed by atoms with Crippen LogP contribution in [0, 0.1) is 13.8 Å². The van der Waals surface area contributed by atoms with Crippen molar-refractivity contribution in [2.75, 3.05) is 6.54 Å². The average molecular weight is 413 g/mol. The van der Waals surface area contributed by atoms with Crippen LogP contribution in [0.1, 0.15) is 28.8 Å². The van der Waals surface area contributed by atoms with Crippen molar-refractivity contribution >= 4 is 10.0 Å². The highest BCUT2D eigenvalue weighted by Gasteiger charge is 2.31. The van der Waals surface area contributed by atoms with Gasteiger partial charge in [-0.05, 0) is 56.3 Å². The second-order valence-electron chi connectivity index (χ2n) is 6.28. The van der Waals surface area contributed by atoms with E-state index in [1.54, 1.807) is 16.8 Å². The van der Waals surface area contributed by atoms with E-state index < -0.39 is 27.8 Å². The summed E-state index contributed by atoms with van der Waals surface area (Å²) in [5, 5.41) is 4.38. The Bertz CT molecular complexity index is 1040. The molecule has 3 aromatic rings. The molecule has 0 amide bonds. The first kappa shape index (κ1) is 20.2. The van der Waals surface area contributed by atoms with Gasteiger partial charge in [0.2, 0.25) is 10.0 Å². The van der Waals surface area contributed by atoms with Crippen molar-refractivity contribution < 1.29 is 26.0 Å². The second-order valence-corrected chi connectivity index (χ2v) is 8.04. The first-order valence-electron chi connectivity index (χ1n) is 8.31. The average Bonchev–Trinajstić information content (AvgIpc) is 3.25. The number of sulfonamides is 1. The molecule has 1 N–H and O–H groups in total. The molecular weight excluding hydrogens is 395 g/mol. The number of benzene rings is 1. The first-order valence-corrected chi connectivity index (χ1v) is 9.79. The number of rotatable bonds is 6. The number of nitrogens with zero attached hydrogens (tertiary/aromatic N) is 2. The van der Waals surface area contributed by atoms with E-state index in [0.717, 1.165) is 35.7 Å². The van der Waals surface area contributed by atoms with Gasteiger partial charge < -0.3 is 4.42 Å². The minimum atomic E-state index is -4.53. The Morgan fingerprint density at radius 3 is 2.36 bits per heavy atom. The van der Waals surface area contributed by atoms with Crippen LogP contribution < -0.4 is 4.72 Å². The van der Waals surface area contributed by atoms with E-state index in [9.17, 15) is 21.6 Å². The standard InChI is InChI=1S/C18H18F3N3O3S/c1-12-10-13(2)24(23-12)16(17-4-3-9-27-17)11-22-28(25,26)15-7-5-14(6-8-15)18(19,20)21/h3-10,16,22H,11H2,1-2H3. The van der Waals surface area contributed by atoms with Crippen molar-refractivity contribution in [2.45, 2.75) is 31.0 Å². The van der Waals surface area contributed by atoms with Crippen LogP contribution in [0.5, 0.6) is 0 Å². The van der Waals surface area contributed by atoms with Gasteiger partial charge in [0.25, 0.3) is 0 Å². The summed E-state index contributed by atoms with van der Waals surface area (Å²) in [6.07, 6.45) is -3.06. The largest absolute Gasteiger partial charge is 0.467 e. The van der Waals surface area contributed by atoms with Gasteiger partial charge in [0.05, 0.1) is 22.4 Å². The molecule has 0 saturated carbocycles. The highest BCUT2D eigenvalue weighted by atomic mass is 32.2.